The molecule has 7 heteroatoms. The fourth-order valence-corrected chi connectivity index (χ4v) is 2.53. The van der Waals surface area contributed by atoms with E-state index in [4.69, 9.17) is 10.8 Å². The van der Waals surface area contributed by atoms with Crippen LogP contribution >= 0.6 is 0 Å². The summed E-state index contributed by atoms with van der Waals surface area (Å²) >= 11 is 0. The van der Waals surface area contributed by atoms with Gasteiger partial charge in [0.25, 0.3) is 0 Å². The molecule has 0 saturated heterocycles. The number of hydrogen-bond acceptors (Lipinski definition) is 4. The van der Waals surface area contributed by atoms with Gasteiger partial charge in [-0.05, 0) is 18.2 Å². The maximum Gasteiger partial charge on any atom is 0.248 e. The number of aliphatic hydroxyl groups is 1. The van der Waals surface area contributed by atoms with E-state index in [1.165, 1.54) is 24.3 Å². The lowest BCUT2D eigenvalue weighted by molar-refractivity contribution is 0.1000. The zero-order chi connectivity index (χ0) is 14.7. The van der Waals surface area contributed by atoms with Crippen LogP contribution < -0.4 is 10.5 Å². The van der Waals surface area contributed by atoms with Crippen LogP contribution in [0.2, 0.25) is 0 Å². The standard InChI is InChI=1S/C12H18N2O4S/c1-12(2,8-15)7-14-19(17,18)10-5-3-4-9(6-10)11(13)16/h3-6,14-15H,7-8H2,1-2H3,(H2,13,16). The number of amides is 1. The molecule has 106 valence electrons. The monoisotopic (exact) mass is 286 g/mol. The van der Waals surface area contributed by atoms with Crippen LogP contribution in [0, 0.1) is 5.41 Å². The molecule has 0 aromatic heterocycles. The lowest BCUT2D eigenvalue weighted by Crippen LogP contribution is -2.36. The number of benzene rings is 1. The zero-order valence-corrected chi connectivity index (χ0v) is 11.7. The molecule has 0 heterocycles. The molecule has 0 saturated carbocycles. The van der Waals surface area contributed by atoms with Gasteiger partial charge in [-0.15, -0.1) is 0 Å². The second-order valence-corrected chi connectivity index (χ2v) is 6.81. The van der Waals surface area contributed by atoms with Gasteiger partial charge in [0, 0.05) is 24.1 Å². The highest BCUT2D eigenvalue weighted by Crippen LogP contribution is 2.15. The first-order chi connectivity index (χ1) is 8.68. The number of aliphatic hydroxyl groups excluding tert-OH is 1. The molecule has 1 aromatic carbocycles. The molecule has 0 bridgehead atoms. The van der Waals surface area contributed by atoms with Crippen molar-refractivity contribution in [2.45, 2.75) is 18.7 Å². The number of carbonyl (C=O) groups excluding carboxylic acids is 1. The Hall–Kier alpha value is -1.44. The third-order valence-corrected chi connectivity index (χ3v) is 4.00. The first-order valence-electron chi connectivity index (χ1n) is 5.68. The lowest BCUT2D eigenvalue weighted by atomic mass is 9.96. The fraction of sp³-hybridized carbons (Fsp3) is 0.417. The summed E-state index contributed by atoms with van der Waals surface area (Å²) in [6, 6.07) is 5.49. The predicted molar refractivity (Wildman–Crippen MR) is 71.0 cm³/mol. The van der Waals surface area contributed by atoms with Crippen LogP contribution in [-0.2, 0) is 10.0 Å². The number of nitrogens with two attached hydrogens (primary N) is 1. The van der Waals surface area contributed by atoms with Gasteiger partial charge >= 0.3 is 0 Å². The number of sulfonamides is 1. The molecule has 0 atom stereocenters. The van der Waals surface area contributed by atoms with Crippen molar-refractivity contribution in [3.8, 4) is 0 Å². The van der Waals surface area contributed by atoms with Gasteiger partial charge in [0.05, 0.1) is 4.90 Å². The highest BCUT2D eigenvalue weighted by Gasteiger charge is 2.22. The second-order valence-electron chi connectivity index (χ2n) is 5.04. The number of hydrogen-bond donors (Lipinski definition) is 3. The number of primary amides is 1. The van der Waals surface area contributed by atoms with Gasteiger partial charge in [-0.1, -0.05) is 19.9 Å². The quantitative estimate of drug-likeness (QED) is 0.688. The summed E-state index contributed by atoms with van der Waals surface area (Å²) in [5.41, 5.74) is 4.67. The summed E-state index contributed by atoms with van der Waals surface area (Å²) in [7, 11) is -3.73. The Kier molecular flexibility index (Phi) is 4.67. The largest absolute Gasteiger partial charge is 0.396 e. The van der Waals surface area contributed by atoms with E-state index < -0.39 is 21.3 Å². The Balaban J connectivity index is 2.95. The zero-order valence-electron chi connectivity index (χ0n) is 10.9. The van der Waals surface area contributed by atoms with E-state index in [0.29, 0.717) is 0 Å². The molecule has 1 aromatic rings. The Bertz CT molecular complexity index is 567. The van der Waals surface area contributed by atoms with Crippen molar-refractivity contribution >= 4 is 15.9 Å². The molecule has 19 heavy (non-hydrogen) atoms. The molecule has 6 nitrogen and oxygen atoms in total. The molecule has 0 spiro atoms. The average molecular weight is 286 g/mol. The molecule has 0 aliphatic carbocycles. The van der Waals surface area contributed by atoms with Crippen LogP contribution in [-0.4, -0.2) is 32.6 Å². The molecule has 1 rings (SSSR count). The highest BCUT2D eigenvalue weighted by molar-refractivity contribution is 7.89. The van der Waals surface area contributed by atoms with Crippen LogP contribution in [0.4, 0.5) is 0 Å². The molecule has 0 fully saturated rings. The van der Waals surface area contributed by atoms with Crippen molar-refractivity contribution in [2.75, 3.05) is 13.2 Å². The topological polar surface area (TPSA) is 109 Å². The van der Waals surface area contributed by atoms with E-state index in [1.54, 1.807) is 13.8 Å². The van der Waals surface area contributed by atoms with Crippen LogP contribution in [0.15, 0.2) is 29.2 Å². The van der Waals surface area contributed by atoms with Crippen molar-refractivity contribution in [3.63, 3.8) is 0 Å². The summed E-state index contributed by atoms with van der Waals surface area (Å²) in [6.07, 6.45) is 0. The number of carbonyl (C=O) groups is 1. The molecule has 1 amide bonds. The van der Waals surface area contributed by atoms with Gasteiger partial charge in [-0.25, -0.2) is 13.1 Å². The van der Waals surface area contributed by atoms with Crippen LogP contribution in [0.1, 0.15) is 24.2 Å². The van der Waals surface area contributed by atoms with E-state index >= 15 is 0 Å². The summed E-state index contributed by atoms with van der Waals surface area (Å²) in [4.78, 5) is 11.0. The SMILES string of the molecule is CC(C)(CO)CNS(=O)(=O)c1cccc(C(N)=O)c1. The van der Waals surface area contributed by atoms with Gasteiger partial charge in [0.2, 0.25) is 15.9 Å². The molecule has 0 unspecified atom stereocenters. The van der Waals surface area contributed by atoms with Gasteiger partial charge in [0.1, 0.15) is 0 Å². The summed E-state index contributed by atoms with van der Waals surface area (Å²) < 4.78 is 26.4. The fourth-order valence-electron chi connectivity index (χ4n) is 1.25. The Morgan fingerprint density at radius 3 is 2.58 bits per heavy atom. The lowest BCUT2D eigenvalue weighted by Gasteiger charge is -2.21. The highest BCUT2D eigenvalue weighted by atomic mass is 32.2. The summed E-state index contributed by atoms with van der Waals surface area (Å²) in [5.74, 6) is -0.687. The van der Waals surface area contributed by atoms with Gasteiger partial charge in [0.15, 0.2) is 0 Å². The minimum atomic E-state index is -3.73. The first kappa shape index (κ1) is 15.6. The van der Waals surface area contributed by atoms with E-state index in [9.17, 15) is 13.2 Å². The molecule has 0 aliphatic heterocycles. The maximum absolute atomic E-state index is 12.0. The Morgan fingerprint density at radius 2 is 2.05 bits per heavy atom. The van der Waals surface area contributed by atoms with E-state index in [0.717, 1.165) is 0 Å². The van der Waals surface area contributed by atoms with Crippen LogP contribution in [0.5, 0.6) is 0 Å². The number of rotatable bonds is 6. The third-order valence-electron chi connectivity index (χ3n) is 2.60. The third kappa shape index (κ3) is 4.30. The predicted octanol–water partition coefficient (Wildman–Crippen LogP) is 0.0823. The second kappa shape index (κ2) is 5.68. The summed E-state index contributed by atoms with van der Waals surface area (Å²) in [5, 5.41) is 9.08. The molecular formula is C12H18N2O4S. The summed E-state index contributed by atoms with van der Waals surface area (Å²) in [6.45, 7) is 3.41. The van der Waals surface area contributed by atoms with E-state index in [-0.39, 0.29) is 23.6 Å². The van der Waals surface area contributed by atoms with E-state index in [2.05, 4.69) is 4.72 Å². The Labute approximate surface area is 112 Å². The smallest absolute Gasteiger partial charge is 0.248 e. The maximum atomic E-state index is 12.0. The van der Waals surface area contributed by atoms with Crippen molar-refractivity contribution in [1.29, 1.82) is 0 Å². The number of nitrogens with one attached hydrogen (secondary N) is 1. The van der Waals surface area contributed by atoms with Gasteiger partial charge in [-0.3, -0.25) is 4.79 Å². The average Bonchev–Trinajstić information content (AvgIpc) is 2.37. The van der Waals surface area contributed by atoms with Crippen molar-refractivity contribution in [2.24, 2.45) is 11.1 Å². The normalized spacial score (nSPS) is 12.4. The minimum Gasteiger partial charge on any atom is -0.396 e. The molecule has 0 radical (unpaired) electrons. The molecular weight excluding hydrogens is 268 g/mol. The molecule has 0 aliphatic rings. The van der Waals surface area contributed by atoms with Crippen LogP contribution in [0.25, 0.3) is 0 Å². The van der Waals surface area contributed by atoms with Crippen molar-refractivity contribution in [1.82, 2.24) is 4.72 Å². The van der Waals surface area contributed by atoms with E-state index in [1.807, 2.05) is 0 Å². The first-order valence-corrected chi connectivity index (χ1v) is 7.17. The van der Waals surface area contributed by atoms with Crippen LogP contribution in [0.3, 0.4) is 0 Å². The van der Waals surface area contributed by atoms with Gasteiger partial charge < -0.3 is 10.8 Å². The minimum absolute atomic E-state index is 0.0301. The van der Waals surface area contributed by atoms with Crippen molar-refractivity contribution in [3.05, 3.63) is 29.8 Å². The van der Waals surface area contributed by atoms with Gasteiger partial charge in [-0.2, -0.15) is 0 Å². The molecule has 4 N–H and O–H groups in total. The van der Waals surface area contributed by atoms with Crippen molar-refractivity contribution < 1.29 is 18.3 Å². The Morgan fingerprint density at radius 1 is 1.42 bits per heavy atom.